The molecule has 1 amide bonds. The lowest BCUT2D eigenvalue weighted by molar-refractivity contribution is -0.870. The zero-order valence-electron chi connectivity index (χ0n) is 29.4. The Balaban J connectivity index is 4.58. The third-order valence-electron chi connectivity index (χ3n) is 8.01. The van der Waals surface area contributed by atoms with Gasteiger partial charge in [-0.15, -0.1) is 0 Å². The number of rotatable bonds is 32. The fourth-order valence-corrected chi connectivity index (χ4v) is 5.77. The van der Waals surface area contributed by atoms with Gasteiger partial charge in [-0.05, 0) is 19.3 Å². The first kappa shape index (κ1) is 43.2. The van der Waals surface area contributed by atoms with Crippen LogP contribution in [0.5, 0.6) is 0 Å². The van der Waals surface area contributed by atoms with Crippen molar-refractivity contribution in [3.8, 4) is 0 Å². The Morgan fingerprint density at radius 1 is 0.750 bits per heavy atom. The molecule has 0 saturated carbocycles. The number of hydrogen-bond acceptors (Lipinski definition) is 5. The highest BCUT2D eigenvalue weighted by atomic mass is 31.2. The molecule has 0 fully saturated rings. The van der Waals surface area contributed by atoms with E-state index in [0.717, 1.165) is 38.5 Å². The molecule has 0 aliphatic carbocycles. The number of nitrogens with zero attached hydrogens (tertiary/aromatic N) is 1. The SMILES string of the molecule is CCCCCCCCCCC/C=C/[C@@H](O)[C@H](COP(=O)(O)OCC[N+](C)(C)C)NC(=O)CCCCCCCCCCCCC. The average Bonchev–Trinajstić information content (AvgIpc) is 2.95. The van der Waals surface area contributed by atoms with Crippen molar-refractivity contribution in [3.63, 3.8) is 0 Å². The van der Waals surface area contributed by atoms with Crippen LogP contribution in [0, 0.1) is 0 Å². The number of quaternary nitrogens is 1. The summed E-state index contributed by atoms with van der Waals surface area (Å²) in [6.45, 7) is 4.77. The molecule has 0 aromatic carbocycles. The van der Waals surface area contributed by atoms with E-state index in [4.69, 9.17) is 9.05 Å². The summed E-state index contributed by atoms with van der Waals surface area (Å²) in [6.07, 6.45) is 28.4. The largest absolute Gasteiger partial charge is 0.472 e. The van der Waals surface area contributed by atoms with E-state index >= 15 is 0 Å². The summed E-state index contributed by atoms with van der Waals surface area (Å²) in [4.78, 5) is 22.9. The number of amides is 1. The summed E-state index contributed by atoms with van der Waals surface area (Å²) < 4.78 is 23.4. The minimum Gasteiger partial charge on any atom is -0.387 e. The van der Waals surface area contributed by atoms with Gasteiger partial charge in [-0.3, -0.25) is 13.8 Å². The van der Waals surface area contributed by atoms with Gasteiger partial charge < -0.3 is 19.8 Å². The Kier molecular flexibility index (Phi) is 28.0. The van der Waals surface area contributed by atoms with Crippen molar-refractivity contribution in [2.24, 2.45) is 0 Å². The van der Waals surface area contributed by atoms with E-state index in [1.165, 1.54) is 96.3 Å². The number of aliphatic hydroxyl groups excluding tert-OH is 1. The number of carbonyl (C=O) groups is 1. The molecule has 3 N–H and O–H groups in total. The molecule has 0 aromatic heterocycles. The minimum atomic E-state index is -4.32. The molecule has 0 aliphatic rings. The maximum absolute atomic E-state index is 12.7. The van der Waals surface area contributed by atoms with Crippen LogP contribution in [0.2, 0.25) is 0 Å². The van der Waals surface area contributed by atoms with Crippen molar-refractivity contribution >= 4 is 13.7 Å². The lowest BCUT2D eigenvalue weighted by Gasteiger charge is -2.25. The normalized spacial score (nSPS) is 15.0. The number of nitrogens with one attached hydrogen (secondary N) is 1. The Hall–Kier alpha value is -0.760. The highest BCUT2D eigenvalue weighted by Gasteiger charge is 2.27. The maximum Gasteiger partial charge on any atom is 0.472 e. The monoisotopic (exact) mass is 648 g/mol. The molecule has 0 saturated heterocycles. The van der Waals surface area contributed by atoms with Gasteiger partial charge in [-0.25, -0.2) is 4.57 Å². The Morgan fingerprint density at radius 3 is 1.68 bits per heavy atom. The predicted molar refractivity (Wildman–Crippen MR) is 185 cm³/mol. The maximum atomic E-state index is 12.7. The number of unbranched alkanes of at least 4 members (excludes halogenated alkanes) is 19. The van der Waals surface area contributed by atoms with Crippen LogP contribution < -0.4 is 5.32 Å². The first-order chi connectivity index (χ1) is 21.0. The van der Waals surface area contributed by atoms with Gasteiger partial charge in [0, 0.05) is 6.42 Å². The molecule has 0 bridgehead atoms. The standard InChI is InChI=1S/C35H71N2O6P/c1-6-8-10-12-14-16-18-20-22-24-26-28-34(38)33(32-43-44(40,41)42-31-30-37(3,4)5)36-35(39)29-27-25-23-21-19-17-15-13-11-9-7-2/h26,28,33-34,38H,6-25,27,29-32H2,1-5H3,(H-,36,39,40,41)/p+1/b28-26+/t33-,34+/m0/s1. The third-order valence-corrected chi connectivity index (χ3v) is 8.99. The van der Waals surface area contributed by atoms with Crippen LogP contribution in [-0.4, -0.2) is 73.4 Å². The fraction of sp³-hybridized carbons (Fsp3) is 0.914. The van der Waals surface area contributed by atoms with Gasteiger partial charge in [-0.1, -0.05) is 142 Å². The van der Waals surface area contributed by atoms with Gasteiger partial charge >= 0.3 is 7.82 Å². The quantitative estimate of drug-likeness (QED) is 0.0292. The van der Waals surface area contributed by atoms with Gasteiger partial charge in [0.05, 0.1) is 39.9 Å². The van der Waals surface area contributed by atoms with Crippen LogP contribution in [-0.2, 0) is 18.4 Å². The summed E-state index contributed by atoms with van der Waals surface area (Å²) in [6, 6.07) is -0.836. The smallest absolute Gasteiger partial charge is 0.387 e. The number of allylic oxidation sites excluding steroid dienone is 1. The summed E-state index contributed by atoms with van der Waals surface area (Å²) in [5, 5.41) is 13.7. The van der Waals surface area contributed by atoms with Gasteiger partial charge in [0.2, 0.25) is 5.91 Å². The Morgan fingerprint density at radius 2 is 1.20 bits per heavy atom. The van der Waals surface area contributed by atoms with Crippen LogP contribution in [0.4, 0.5) is 0 Å². The van der Waals surface area contributed by atoms with Gasteiger partial charge in [0.25, 0.3) is 0 Å². The third kappa shape index (κ3) is 29.9. The van der Waals surface area contributed by atoms with Crippen molar-refractivity contribution in [2.75, 3.05) is 40.9 Å². The van der Waals surface area contributed by atoms with Crippen LogP contribution >= 0.6 is 7.82 Å². The Bertz CT molecular complexity index is 743. The fourth-order valence-electron chi connectivity index (χ4n) is 5.04. The van der Waals surface area contributed by atoms with Crippen LogP contribution in [0.25, 0.3) is 0 Å². The average molecular weight is 648 g/mol. The number of aliphatic hydroxyl groups is 1. The lowest BCUT2D eigenvalue weighted by atomic mass is 10.0. The van der Waals surface area contributed by atoms with Crippen LogP contribution in [0.3, 0.4) is 0 Å². The molecule has 44 heavy (non-hydrogen) atoms. The van der Waals surface area contributed by atoms with E-state index in [-0.39, 0.29) is 19.1 Å². The molecule has 0 aromatic rings. The Labute approximate surface area is 272 Å². The minimum absolute atomic E-state index is 0.0638. The topological polar surface area (TPSA) is 105 Å². The molecule has 0 radical (unpaired) electrons. The molecule has 0 rings (SSSR count). The van der Waals surface area contributed by atoms with E-state index in [9.17, 15) is 19.4 Å². The van der Waals surface area contributed by atoms with E-state index in [1.54, 1.807) is 6.08 Å². The zero-order chi connectivity index (χ0) is 32.9. The van der Waals surface area contributed by atoms with Gasteiger partial charge in [0.1, 0.15) is 13.2 Å². The first-order valence-electron chi connectivity index (χ1n) is 18.1. The van der Waals surface area contributed by atoms with Crippen molar-refractivity contribution in [1.29, 1.82) is 0 Å². The summed E-state index contributed by atoms with van der Waals surface area (Å²) in [5.41, 5.74) is 0. The number of phosphoric ester groups is 1. The summed E-state index contributed by atoms with van der Waals surface area (Å²) in [7, 11) is 1.57. The van der Waals surface area contributed by atoms with Crippen molar-refractivity contribution in [3.05, 3.63) is 12.2 Å². The molecule has 3 atom stereocenters. The van der Waals surface area contributed by atoms with E-state index < -0.39 is 20.0 Å². The molecule has 0 aliphatic heterocycles. The second-order valence-electron chi connectivity index (χ2n) is 13.6. The summed E-state index contributed by atoms with van der Waals surface area (Å²) >= 11 is 0. The molecule has 1 unspecified atom stereocenters. The molecule has 0 heterocycles. The number of carbonyl (C=O) groups excluding carboxylic acids is 1. The van der Waals surface area contributed by atoms with Crippen molar-refractivity contribution < 1.29 is 32.9 Å². The second-order valence-corrected chi connectivity index (χ2v) is 15.1. The number of phosphoric acid groups is 1. The highest BCUT2D eigenvalue weighted by Crippen LogP contribution is 2.43. The number of hydrogen-bond donors (Lipinski definition) is 3. The van der Waals surface area contributed by atoms with E-state index in [1.807, 2.05) is 27.2 Å². The molecular formula is C35H72N2O6P+. The molecule has 0 spiro atoms. The molecule has 262 valence electrons. The van der Waals surface area contributed by atoms with Crippen molar-refractivity contribution in [1.82, 2.24) is 5.32 Å². The van der Waals surface area contributed by atoms with Crippen molar-refractivity contribution in [2.45, 2.75) is 167 Å². The summed E-state index contributed by atoms with van der Waals surface area (Å²) in [5.74, 6) is -0.181. The lowest BCUT2D eigenvalue weighted by Crippen LogP contribution is -2.45. The van der Waals surface area contributed by atoms with Crippen LogP contribution in [0.1, 0.15) is 155 Å². The van der Waals surface area contributed by atoms with E-state index in [0.29, 0.717) is 17.4 Å². The second kappa shape index (κ2) is 28.5. The van der Waals surface area contributed by atoms with Crippen LogP contribution in [0.15, 0.2) is 12.2 Å². The highest BCUT2D eigenvalue weighted by molar-refractivity contribution is 7.47. The zero-order valence-corrected chi connectivity index (χ0v) is 30.3. The molecular weight excluding hydrogens is 575 g/mol. The van der Waals surface area contributed by atoms with Gasteiger partial charge in [0.15, 0.2) is 0 Å². The molecule has 8 nitrogen and oxygen atoms in total. The molecule has 9 heteroatoms. The van der Waals surface area contributed by atoms with Gasteiger partial charge in [-0.2, -0.15) is 0 Å². The predicted octanol–water partition coefficient (Wildman–Crippen LogP) is 8.85. The number of likely N-dealkylation sites (N-methyl/N-ethyl adjacent to an activating group) is 1. The first-order valence-corrected chi connectivity index (χ1v) is 19.6. The van der Waals surface area contributed by atoms with E-state index in [2.05, 4.69) is 19.2 Å².